The Morgan fingerprint density at radius 2 is 2.11 bits per heavy atom. The number of amides is 1. The van der Waals surface area contributed by atoms with Gasteiger partial charge < -0.3 is 10.2 Å². The van der Waals surface area contributed by atoms with Crippen LogP contribution < -0.4 is 10.2 Å². The highest BCUT2D eigenvalue weighted by Crippen LogP contribution is 2.41. The molecule has 0 spiro atoms. The summed E-state index contributed by atoms with van der Waals surface area (Å²) in [4.78, 5) is 19.0. The number of rotatable bonds is 6. The Hall–Kier alpha value is -2.20. The van der Waals surface area contributed by atoms with Crippen LogP contribution in [-0.2, 0) is 4.79 Å². The molecule has 7 nitrogen and oxygen atoms in total. The fourth-order valence-electron chi connectivity index (χ4n) is 3.39. The molecule has 1 amide bonds. The Labute approximate surface area is 169 Å². The summed E-state index contributed by atoms with van der Waals surface area (Å²) in [6.45, 7) is 2.04. The van der Waals surface area contributed by atoms with E-state index >= 15 is 0 Å². The van der Waals surface area contributed by atoms with E-state index in [1.807, 2.05) is 0 Å². The van der Waals surface area contributed by atoms with Gasteiger partial charge in [0.1, 0.15) is 5.82 Å². The maximum Gasteiger partial charge on any atom is 0.236 e. The molecule has 3 aromatic rings. The zero-order valence-corrected chi connectivity index (χ0v) is 16.7. The van der Waals surface area contributed by atoms with Crippen molar-refractivity contribution < 1.29 is 9.18 Å². The molecule has 3 heterocycles. The van der Waals surface area contributed by atoms with E-state index in [9.17, 15) is 9.18 Å². The number of carbonyl (C=O) groups is 1. The molecule has 1 aliphatic heterocycles. The standard InChI is InChI=1S/C18H19FN6OS2/c19-11-3-6-13-14(9-11)28-16(20-13)21-15(26)10-27-18-23-22-17(24-7-1-2-8-24)25(18)12-4-5-12/h3,6,9,12H,1-2,4-5,7-8,10H2,(H,20,21,26). The highest BCUT2D eigenvalue weighted by molar-refractivity contribution is 7.99. The van der Waals surface area contributed by atoms with Crippen molar-refractivity contribution in [1.29, 1.82) is 0 Å². The van der Waals surface area contributed by atoms with Gasteiger partial charge in [0.25, 0.3) is 0 Å². The van der Waals surface area contributed by atoms with E-state index in [1.54, 1.807) is 6.07 Å². The van der Waals surface area contributed by atoms with Crippen LogP contribution in [0, 0.1) is 5.82 Å². The van der Waals surface area contributed by atoms with E-state index in [0.29, 0.717) is 21.4 Å². The molecule has 28 heavy (non-hydrogen) atoms. The number of hydrogen-bond acceptors (Lipinski definition) is 7. The van der Waals surface area contributed by atoms with Crippen molar-refractivity contribution in [2.45, 2.75) is 36.9 Å². The van der Waals surface area contributed by atoms with Gasteiger partial charge in [0.15, 0.2) is 10.3 Å². The summed E-state index contributed by atoms with van der Waals surface area (Å²) in [6.07, 6.45) is 4.66. The topological polar surface area (TPSA) is 75.9 Å². The highest BCUT2D eigenvalue weighted by atomic mass is 32.2. The van der Waals surface area contributed by atoms with Gasteiger partial charge in [0.05, 0.1) is 16.0 Å². The molecule has 146 valence electrons. The molecule has 0 atom stereocenters. The Morgan fingerprint density at radius 1 is 1.29 bits per heavy atom. The Balaban J connectivity index is 1.26. The van der Waals surface area contributed by atoms with Gasteiger partial charge in [-0.15, -0.1) is 10.2 Å². The number of fused-ring (bicyclic) bond motifs is 1. The minimum absolute atomic E-state index is 0.155. The molecule has 2 aliphatic rings. The fraction of sp³-hybridized carbons (Fsp3) is 0.444. The van der Waals surface area contributed by atoms with E-state index in [4.69, 9.17) is 0 Å². The molecular formula is C18H19FN6OS2. The molecule has 2 fully saturated rings. The summed E-state index contributed by atoms with van der Waals surface area (Å²) >= 11 is 2.67. The summed E-state index contributed by atoms with van der Waals surface area (Å²) in [5.41, 5.74) is 0.679. The minimum atomic E-state index is -0.308. The molecule has 1 aliphatic carbocycles. The number of nitrogens with one attached hydrogen (secondary N) is 1. The van der Waals surface area contributed by atoms with Crippen molar-refractivity contribution in [1.82, 2.24) is 19.7 Å². The molecule has 0 radical (unpaired) electrons. The monoisotopic (exact) mass is 418 g/mol. The summed E-state index contributed by atoms with van der Waals surface area (Å²) in [7, 11) is 0. The van der Waals surface area contributed by atoms with Crippen LogP contribution in [0.4, 0.5) is 15.5 Å². The summed E-state index contributed by atoms with van der Waals surface area (Å²) in [5, 5.41) is 12.8. The van der Waals surface area contributed by atoms with E-state index < -0.39 is 0 Å². The molecule has 1 saturated heterocycles. The second kappa shape index (κ2) is 7.32. The Morgan fingerprint density at radius 3 is 2.89 bits per heavy atom. The normalized spacial score (nSPS) is 16.8. The smallest absolute Gasteiger partial charge is 0.236 e. The third kappa shape index (κ3) is 3.58. The zero-order chi connectivity index (χ0) is 19.1. The third-order valence-electron chi connectivity index (χ3n) is 4.88. The van der Waals surface area contributed by atoms with Crippen LogP contribution in [0.2, 0.25) is 0 Å². The van der Waals surface area contributed by atoms with Gasteiger partial charge in [0.2, 0.25) is 11.9 Å². The van der Waals surface area contributed by atoms with E-state index in [2.05, 4.69) is 30.0 Å². The summed E-state index contributed by atoms with van der Waals surface area (Å²) < 4.78 is 16.2. The molecule has 2 aromatic heterocycles. The second-order valence-corrected chi connectivity index (χ2v) is 9.02. The van der Waals surface area contributed by atoms with Crippen LogP contribution in [0.5, 0.6) is 0 Å². The van der Waals surface area contributed by atoms with Gasteiger partial charge in [-0.2, -0.15) is 0 Å². The number of anilines is 2. The first kappa shape index (κ1) is 17.9. The number of thiazole rings is 1. The van der Waals surface area contributed by atoms with Crippen LogP contribution in [0.25, 0.3) is 10.2 Å². The maximum atomic E-state index is 13.3. The lowest BCUT2D eigenvalue weighted by atomic mass is 10.3. The van der Waals surface area contributed by atoms with Crippen LogP contribution >= 0.6 is 23.1 Å². The number of hydrogen-bond donors (Lipinski definition) is 1. The van der Waals surface area contributed by atoms with Crippen molar-refractivity contribution in [2.75, 3.05) is 29.1 Å². The number of benzene rings is 1. The lowest BCUT2D eigenvalue weighted by Crippen LogP contribution is -2.22. The molecule has 10 heteroatoms. The highest BCUT2D eigenvalue weighted by Gasteiger charge is 2.32. The number of aromatic nitrogens is 4. The Bertz CT molecular complexity index is 1020. The third-order valence-corrected chi connectivity index (χ3v) is 6.75. The minimum Gasteiger partial charge on any atom is -0.341 e. The fourth-order valence-corrected chi connectivity index (χ4v) is 5.10. The van der Waals surface area contributed by atoms with Crippen molar-refractivity contribution >= 4 is 50.3 Å². The lowest BCUT2D eigenvalue weighted by Gasteiger charge is -2.17. The molecule has 1 aromatic carbocycles. The van der Waals surface area contributed by atoms with Crippen molar-refractivity contribution in [3.05, 3.63) is 24.0 Å². The molecular weight excluding hydrogens is 399 g/mol. The number of thioether (sulfide) groups is 1. The quantitative estimate of drug-likeness (QED) is 0.616. The van der Waals surface area contributed by atoms with Crippen molar-refractivity contribution in [3.63, 3.8) is 0 Å². The van der Waals surface area contributed by atoms with Crippen LogP contribution in [0.3, 0.4) is 0 Å². The molecule has 1 saturated carbocycles. The second-order valence-electron chi connectivity index (χ2n) is 7.05. The predicted octanol–water partition coefficient (Wildman–Crippen LogP) is 3.69. The molecule has 5 rings (SSSR count). The van der Waals surface area contributed by atoms with Gasteiger partial charge in [-0.25, -0.2) is 9.37 Å². The van der Waals surface area contributed by atoms with Gasteiger partial charge in [-0.1, -0.05) is 23.1 Å². The maximum absolute atomic E-state index is 13.3. The molecule has 0 unspecified atom stereocenters. The molecule has 0 bridgehead atoms. The van der Waals surface area contributed by atoms with Gasteiger partial charge in [0, 0.05) is 19.1 Å². The first-order valence-electron chi connectivity index (χ1n) is 9.36. The van der Waals surface area contributed by atoms with Crippen molar-refractivity contribution in [3.8, 4) is 0 Å². The van der Waals surface area contributed by atoms with Gasteiger partial charge >= 0.3 is 0 Å². The van der Waals surface area contributed by atoms with E-state index in [-0.39, 0.29) is 17.5 Å². The average molecular weight is 419 g/mol. The van der Waals surface area contributed by atoms with E-state index in [0.717, 1.165) is 37.0 Å². The van der Waals surface area contributed by atoms with Crippen molar-refractivity contribution in [2.24, 2.45) is 0 Å². The van der Waals surface area contributed by atoms with Crippen LogP contribution in [-0.4, -0.2) is 44.5 Å². The summed E-state index contributed by atoms with van der Waals surface area (Å²) in [5.74, 6) is 0.710. The number of carbonyl (C=O) groups excluding carboxylic acids is 1. The first-order valence-corrected chi connectivity index (χ1v) is 11.2. The average Bonchev–Trinajstić information content (AvgIpc) is 3.09. The molecule has 1 N–H and O–H groups in total. The van der Waals surface area contributed by atoms with Gasteiger partial charge in [-0.3, -0.25) is 9.36 Å². The van der Waals surface area contributed by atoms with Crippen LogP contribution in [0.15, 0.2) is 23.4 Å². The SMILES string of the molecule is O=C(CSc1nnc(N2CCCC2)n1C1CC1)Nc1nc2ccc(F)cc2s1. The van der Waals surface area contributed by atoms with E-state index in [1.165, 1.54) is 48.1 Å². The first-order chi connectivity index (χ1) is 13.7. The zero-order valence-electron chi connectivity index (χ0n) is 15.1. The predicted molar refractivity (Wildman–Crippen MR) is 109 cm³/mol. The Kier molecular flexibility index (Phi) is 4.67. The summed E-state index contributed by atoms with van der Waals surface area (Å²) in [6, 6.07) is 4.86. The van der Waals surface area contributed by atoms with Crippen LogP contribution in [0.1, 0.15) is 31.7 Å². The number of halogens is 1. The largest absolute Gasteiger partial charge is 0.341 e. The number of nitrogens with zero attached hydrogens (tertiary/aromatic N) is 5. The van der Waals surface area contributed by atoms with Gasteiger partial charge in [-0.05, 0) is 43.9 Å². The lowest BCUT2D eigenvalue weighted by molar-refractivity contribution is -0.113.